The van der Waals surface area contributed by atoms with E-state index in [-0.39, 0.29) is 24.3 Å². The maximum atomic E-state index is 13.4. The van der Waals surface area contributed by atoms with Gasteiger partial charge in [0.1, 0.15) is 12.5 Å². The Morgan fingerprint density at radius 3 is 2.26 bits per heavy atom. The highest BCUT2D eigenvalue weighted by molar-refractivity contribution is 14.1. The molecule has 0 fully saturated rings. The van der Waals surface area contributed by atoms with Crippen molar-refractivity contribution in [3.63, 3.8) is 0 Å². The van der Waals surface area contributed by atoms with E-state index in [0.717, 1.165) is 21.1 Å². The first-order chi connectivity index (χ1) is 14.1. The lowest BCUT2D eigenvalue weighted by atomic mass is 10.2. The number of halogens is 1. The number of rotatable bonds is 11. The van der Waals surface area contributed by atoms with Gasteiger partial charge in [-0.2, -0.15) is 0 Å². The molecule has 0 radical (unpaired) electrons. The van der Waals surface area contributed by atoms with Crippen molar-refractivity contribution in [2.24, 2.45) is 0 Å². The minimum absolute atomic E-state index is 0.0708. The van der Waals surface area contributed by atoms with E-state index in [2.05, 4.69) is 82.7 Å². The van der Waals surface area contributed by atoms with Crippen LogP contribution in [0.15, 0.2) is 30.4 Å². The lowest BCUT2D eigenvalue weighted by Gasteiger charge is -2.36. The van der Waals surface area contributed by atoms with Gasteiger partial charge in [0, 0.05) is 23.8 Å². The lowest BCUT2D eigenvalue weighted by molar-refractivity contribution is -0.116. The van der Waals surface area contributed by atoms with E-state index in [4.69, 9.17) is 13.9 Å². The maximum Gasteiger partial charge on any atom is 0.257 e. The van der Waals surface area contributed by atoms with E-state index in [9.17, 15) is 4.79 Å². The van der Waals surface area contributed by atoms with E-state index in [1.807, 2.05) is 18.2 Å². The molecule has 31 heavy (non-hydrogen) atoms. The molecular formula is C23H40INO4Si2. The highest BCUT2D eigenvalue weighted by atomic mass is 127. The molecule has 1 amide bonds. The number of hydrogen-bond acceptors (Lipinski definition) is 4. The maximum absolute atomic E-state index is 13.4. The van der Waals surface area contributed by atoms with Crippen molar-refractivity contribution >= 4 is 50.6 Å². The van der Waals surface area contributed by atoms with Gasteiger partial charge in [-0.05, 0) is 65.0 Å². The molecule has 0 atom stereocenters. The third-order valence-electron chi connectivity index (χ3n) is 5.62. The summed E-state index contributed by atoms with van der Waals surface area (Å²) in [5.41, 5.74) is 1.22. The van der Waals surface area contributed by atoms with Gasteiger partial charge in [-0.1, -0.05) is 47.0 Å². The number of hydrogen-bond donors (Lipinski definition) is 0. The van der Waals surface area contributed by atoms with Gasteiger partial charge >= 0.3 is 0 Å². The normalized spacial score (nSPS) is 12.6. The predicted octanol–water partition coefficient (Wildman–Crippen LogP) is 6.52. The second-order valence-electron chi connectivity index (χ2n) is 10.6. The summed E-state index contributed by atoms with van der Waals surface area (Å²) in [4.78, 5) is 15.0. The van der Waals surface area contributed by atoms with Crippen molar-refractivity contribution in [3.05, 3.63) is 33.9 Å². The smallest absolute Gasteiger partial charge is 0.257 e. The van der Waals surface area contributed by atoms with E-state index < -0.39 is 16.4 Å². The molecule has 0 aliphatic carbocycles. The number of amides is 1. The molecule has 176 valence electrons. The van der Waals surface area contributed by atoms with Gasteiger partial charge < -0.3 is 13.9 Å². The summed E-state index contributed by atoms with van der Waals surface area (Å²) >= 11 is 2.22. The van der Waals surface area contributed by atoms with Gasteiger partial charge in [0.05, 0.1) is 19.4 Å². The second-order valence-corrected chi connectivity index (χ2v) is 22.1. The largest absolute Gasteiger partial charge is 0.497 e. The van der Waals surface area contributed by atoms with Gasteiger partial charge in [-0.3, -0.25) is 9.69 Å². The fraction of sp³-hybridized carbons (Fsp3) is 0.609. The van der Waals surface area contributed by atoms with Crippen molar-refractivity contribution in [1.82, 2.24) is 0 Å². The molecular weight excluding hydrogens is 537 g/mol. The van der Waals surface area contributed by atoms with E-state index in [0.29, 0.717) is 12.2 Å². The predicted molar refractivity (Wildman–Crippen MR) is 144 cm³/mol. The first-order valence-corrected chi connectivity index (χ1v) is 18.3. The van der Waals surface area contributed by atoms with Gasteiger partial charge in [0.2, 0.25) is 0 Å². The Kier molecular flexibility index (Phi) is 10.5. The average molecular weight is 578 g/mol. The Hall–Kier alpha value is -0.686. The number of carbonyl (C=O) groups is 1. The van der Waals surface area contributed by atoms with E-state index >= 15 is 0 Å². The van der Waals surface area contributed by atoms with Crippen LogP contribution in [0.3, 0.4) is 0 Å². The zero-order chi connectivity index (χ0) is 24.0. The van der Waals surface area contributed by atoms with Crippen LogP contribution < -0.4 is 9.64 Å². The summed E-state index contributed by atoms with van der Waals surface area (Å²) in [6.45, 7) is 22.9. The number of benzene rings is 1. The molecule has 0 aliphatic rings. The molecule has 0 aliphatic heterocycles. The quantitative estimate of drug-likeness (QED) is 0.0988. The first-order valence-electron chi connectivity index (χ1n) is 10.6. The number of nitrogens with zero attached hydrogens (tertiary/aromatic N) is 1. The summed E-state index contributed by atoms with van der Waals surface area (Å²) in [6.07, 6.45) is 0. The second kappa shape index (κ2) is 11.4. The van der Waals surface area contributed by atoms with Crippen LogP contribution in [-0.2, 0) is 14.0 Å². The minimum Gasteiger partial charge on any atom is -0.497 e. The number of ether oxygens (including phenoxy) is 2. The molecule has 0 saturated heterocycles. The van der Waals surface area contributed by atoms with Gasteiger partial charge in [-0.25, -0.2) is 0 Å². The molecule has 0 saturated carbocycles. The molecule has 0 N–H and O–H groups in total. The molecule has 5 nitrogen and oxygen atoms in total. The molecule has 8 heteroatoms. The van der Waals surface area contributed by atoms with E-state index in [1.54, 1.807) is 12.0 Å². The molecule has 0 aromatic heterocycles. The van der Waals surface area contributed by atoms with Crippen LogP contribution in [-0.4, -0.2) is 49.4 Å². The minimum atomic E-state index is -1.98. The Bertz CT molecular complexity index is 770. The molecule has 1 aromatic carbocycles. The van der Waals surface area contributed by atoms with Crippen LogP contribution in [0.1, 0.15) is 20.8 Å². The average Bonchev–Trinajstić information content (AvgIpc) is 2.64. The number of methoxy groups -OCH3 is 1. The topological polar surface area (TPSA) is 48.0 Å². The highest BCUT2D eigenvalue weighted by Crippen LogP contribution is 2.37. The monoisotopic (exact) mass is 577 g/mol. The van der Waals surface area contributed by atoms with Crippen LogP contribution >= 0.6 is 22.6 Å². The van der Waals surface area contributed by atoms with Crippen molar-refractivity contribution in [2.75, 3.05) is 32.0 Å². The van der Waals surface area contributed by atoms with Crippen LogP contribution in [0, 0.1) is 3.57 Å². The van der Waals surface area contributed by atoms with Crippen LogP contribution in [0.2, 0.25) is 43.8 Å². The Morgan fingerprint density at radius 1 is 1.16 bits per heavy atom. The SMILES string of the molecule is C=C(CO[Si](C)(C)C(C)(C)C)C(=O)N(COCC[Si](C)(C)C)c1ccc(OC)cc1I. The van der Waals surface area contributed by atoms with Crippen molar-refractivity contribution < 1.29 is 18.7 Å². The lowest BCUT2D eigenvalue weighted by Crippen LogP contribution is -2.43. The Balaban J connectivity index is 3.01. The summed E-state index contributed by atoms with van der Waals surface area (Å²) in [5.74, 6) is 0.579. The van der Waals surface area contributed by atoms with Gasteiger partial charge in [-0.15, -0.1) is 0 Å². The van der Waals surface area contributed by atoms with Crippen LogP contribution in [0.4, 0.5) is 5.69 Å². The van der Waals surface area contributed by atoms with Crippen LogP contribution in [0.25, 0.3) is 0 Å². The highest BCUT2D eigenvalue weighted by Gasteiger charge is 2.37. The summed E-state index contributed by atoms with van der Waals surface area (Å²) in [6, 6.07) is 6.70. The van der Waals surface area contributed by atoms with Gasteiger partial charge in [0.15, 0.2) is 8.32 Å². The Morgan fingerprint density at radius 2 is 1.77 bits per heavy atom. The summed E-state index contributed by atoms with van der Waals surface area (Å²) < 4.78 is 18.4. The summed E-state index contributed by atoms with van der Waals surface area (Å²) in [7, 11) is -1.56. The van der Waals surface area contributed by atoms with Crippen LogP contribution in [0.5, 0.6) is 5.75 Å². The van der Waals surface area contributed by atoms with Gasteiger partial charge in [0.25, 0.3) is 5.91 Å². The zero-order valence-corrected chi connectivity index (χ0v) is 24.9. The molecule has 0 unspecified atom stereocenters. The molecule has 0 bridgehead atoms. The Labute approximate surface area is 204 Å². The van der Waals surface area contributed by atoms with Crippen molar-refractivity contribution in [1.29, 1.82) is 0 Å². The molecule has 1 rings (SSSR count). The summed E-state index contributed by atoms with van der Waals surface area (Å²) in [5, 5.41) is 0.0708. The number of anilines is 1. The fourth-order valence-corrected chi connectivity index (χ4v) is 4.84. The molecule has 0 spiro atoms. The van der Waals surface area contributed by atoms with Crippen molar-refractivity contribution in [2.45, 2.75) is 64.6 Å². The number of carbonyl (C=O) groups excluding carboxylic acids is 1. The molecule has 1 aromatic rings. The zero-order valence-electron chi connectivity index (χ0n) is 20.7. The first kappa shape index (κ1) is 28.3. The third kappa shape index (κ3) is 8.99. The van der Waals surface area contributed by atoms with E-state index in [1.165, 1.54) is 0 Å². The molecule has 0 heterocycles. The third-order valence-corrected chi connectivity index (χ3v) is 12.7. The fourth-order valence-electron chi connectivity index (χ4n) is 2.34. The standard InChI is InChI=1S/C23H40INO4Si2/c1-18(16-29-31(9,10)23(2,3)4)22(26)25(17-28-13-14-30(6,7)8)21-12-11-19(27-5)15-20(21)24/h11-12,15H,1,13-14,16-17H2,2-10H3. The van der Waals surface area contributed by atoms with Crippen molar-refractivity contribution in [3.8, 4) is 5.75 Å².